The van der Waals surface area contributed by atoms with E-state index >= 15 is 0 Å². The van der Waals surface area contributed by atoms with Gasteiger partial charge in [-0.25, -0.2) is 0 Å². The van der Waals surface area contributed by atoms with Gasteiger partial charge in [-0.05, 0) is 43.4 Å². The molecule has 1 atom stereocenters. The predicted octanol–water partition coefficient (Wildman–Crippen LogP) is 3.02. The first-order chi connectivity index (χ1) is 9.54. The van der Waals surface area contributed by atoms with Gasteiger partial charge in [0, 0.05) is 6.42 Å². The van der Waals surface area contributed by atoms with Gasteiger partial charge in [0.25, 0.3) is 0 Å². The average molecular weight is 272 g/mol. The first-order valence-corrected chi connectivity index (χ1v) is 6.92. The van der Waals surface area contributed by atoms with Crippen LogP contribution in [0, 0.1) is 13.8 Å². The van der Waals surface area contributed by atoms with Gasteiger partial charge in [-0.1, -0.05) is 30.9 Å². The van der Waals surface area contributed by atoms with Crippen LogP contribution >= 0.6 is 0 Å². The van der Waals surface area contributed by atoms with E-state index < -0.39 is 11.4 Å². The zero-order valence-electron chi connectivity index (χ0n) is 12.1. The predicted molar refractivity (Wildman–Crippen MR) is 77.6 cm³/mol. The summed E-state index contributed by atoms with van der Waals surface area (Å²) in [6.45, 7) is 7.57. The summed E-state index contributed by atoms with van der Waals surface area (Å²) in [5, 5.41) is 0. The SMILES string of the molecule is C=CCOC(=O)C1(c2c(C)cccc2C)CCCC1=O. The van der Waals surface area contributed by atoms with E-state index in [1.165, 1.54) is 6.08 Å². The van der Waals surface area contributed by atoms with Crippen LogP contribution < -0.4 is 0 Å². The lowest BCUT2D eigenvalue weighted by atomic mass is 9.74. The first-order valence-electron chi connectivity index (χ1n) is 6.92. The van der Waals surface area contributed by atoms with Gasteiger partial charge in [-0.15, -0.1) is 0 Å². The molecule has 0 aromatic heterocycles. The van der Waals surface area contributed by atoms with Gasteiger partial charge in [0.15, 0.2) is 11.2 Å². The average Bonchev–Trinajstić information content (AvgIpc) is 2.79. The van der Waals surface area contributed by atoms with Crippen LogP contribution in [0.5, 0.6) is 0 Å². The van der Waals surface area contributed by atoms with Crippen LogP contribution in [0.3, 0.4) is 0 Å². The van der Waals surface area contributed by atoms with Crippen molar-refractivity contribution in [2.24, 2.45) is 0 Å². The lowest BCUT2D eigenvalue weighted by Gasteiger charge is -2.28. The summed E-state index contributed by atoms with van der Waals surface area (Å²) in [6, 6.07) is 5.82. The zero-order valence-corrected chi connectivity index (χ0v) is 12.1. The van der Waals surface area contributed by atoms with Crippen LogP contribution in [0.4, 0.5) is 0 Å². The third kappa shape index (κ3) is 2.17. The summed E-state index contributed by atoms with van der Waals surface area (Å²) in [7, 11) is 0. The van der Waals surface area contributed by atoms with Crippen LogP contribution in [-0.4, -0.2) is 18.4 Å². The van der Waals surface area contributed by atoms with Crippen molar-refractivity contribution in [1.82, 2.24) is 0 Å². The minimum Gasteiger partial charge on any atom is -0.460 e. The molecule has 0 spiro atoms. The van der Waals surface area contributed by atoms with E-state index in [-0.39, 0.29) is 12.4 Å². The quantitative estimate of drug-likeness (QED) is 0.481. The molecule has 1 aliphatic rings. The van der Waals surface area contributed by atoms with Crippen molar-refractivity contribution >= 4 is 11.8 Å². The Hall–Kier alpha value is -1.90. The lowest BCUT2D eigenvalue weighted by Crippen LogP contribution is -2.42. The molecule has 0 aliphatic heterocycles. The van der Waals surface area contributed by atoms with E-state index in [9.17, 15) is 9.59 Å². The molecule has 0 radical (unpaired) electrons. The number of esters is 1. The summed E-state index contributed by atoms with van der Waals surface area (Å²) in [6.07, 6.45) is 3.23. The number of benzene rings is 1. The molecule has 1 fully saturated rings. The molecular formula is C17H20O3. The largest absolute Gasteiger partial charge is 0.460 e. The molecule has 0 amide bonds. The molecule has 1 aliphatic carbocycles. The molecule has 0 bridgehead atoms. The Morgan fingerprint density at radius 1 is 1.40 bits per heavy atom. The summed E-state index contributed by atoms with van der Waals surface area (Å²) >= 11 is 0. The van der Waals surface area contributed by atoms with E-state index in [0.29, 0.717) is 12.8 Å². The second-order valence-electron chi connectivity index (χ2n) is 5.34. The smallest absolute Gasteiger partial charge is 0.324 e. The van der Waals surface area contributed by atoms with Gasteiger partial charge in [0.05, 0.1) is 0 Å². The topological polar surface area (TPSA) is 43.4 Å². The molecule has 3 nitrogen and oxygen atoms in total. The summed E-state index contributed by atoms with van der Waals surface area (Å²) < 4.78 is 5.24. The molecular weight excluding hydrogens is 252 g/mol. The maximum Gasteiger partial charge on any atom is 0.324 e. The number of rotatable bonds is 4. The Labute approximate surface area is 119 Å². The molecule has 0 N–H and O–H groups in total. The minimum absolute atomic E-state index is 0.0241. The van der Waals surface area contributed by atoms with E-state index in [1.807, 2.05) is 32.0 Å². The number of hydrogen-bond donors (Lipinski definition) is 0. The highest BCUT2D eigenvalue weighted by Gasteiger charge is 2.52. The maximum absolute atomic E-state index is 12.6. The molecule has 2 rings (SSSR count). The molecule has 20 heavy (non-hydrogen) atoms. The molecule has 1 aromatic carbocycles. The van der Waals surface area contributed by atoms with Crippen molar-refractivity contribution < 1.29 is 14.3 Å². The summed E-state index contributed by atoms with van der Waals surface area (Å²) in [5.74, 6) is -0.457. The third-order valence-corrected chi connectivity index (χ3v) is 4.02. The van der Waals surface area contributed by atoms with E-state index in [0.717, 1.165) is 23.1 Å². The highest BCUT2D eigenvalue weighted by atomic mass is 16.5. The second-order valence-corrected chi connectivity index (χ2v) is 5.34. The highest BCUT2D eigenvalue weighted by molar-refractivity contribution is 6.11. The van der Waals surface area contributed by atoms with Gasteiger partial charge in [0.2, 0.25) is 0 Å². The number of ether oxygens (including phenoxy) is 1. The van der Waals surface area contributed by atoms with Crippen LogP contribution in [0.2, 0.25) is 0 Å². The van der Waals surface area contributed by atoms with E-state index in [1.54, 1.807) is 0 Å². The minimum atomic E-state index is -1.11. The fourth-order valence-electron chi connectivity index (χ4n) is 3.19. The number of carbonyl (C=O) groups is 2. The van der Waals surface area contributed by atoms with Crippen molar-refractivity contribution in [2.45, 2.75) is 38.5 Å². The Balaban J connectivity index is 2.56. The number of hydrogen-bond acceptors (Lipinski definition) is 3. The van der Waals surface area contributed by atoms with Gasteiger partial charge in [-0.2, -0.15) is 0 Å². The molecule has 1 aromatic rings. The molecule has 0 saturated heterocycles. The fraction of sp³-hybridized carbons (Fsp3) is 0.412. The van der Waals surface area contributed by atoms with Crippen molar-refractivity contribution in [3.05, 3.63) is 47.5 Å². The monoisotopic (exact) mass is 272 g/mol. The molecule has 1 unspecified atom stereocenters. The molecule has 3 heteroatoms. The van der Waals surface area contributed by atoms with E-state index in [4.69, 9.17) is 4.74 Å². The Morgan fingerprint density at radius 2 is 2.05 bits per heavy atom. The Kier molecular flexibility index (Phi) is 4.07. The highest BCUT2D eigenvalue weighted by Crippen LogP contribution is 2.42. The lowest BCUT2D eigenvalue weighted by molar-refractivity contribution is -0.152. The zero-order chi connectivity index (χ0) is 14.8. The van der Waals surface area contributed by atoms with Gasteiger partial charge in [0.1, 0.15) is 6.61 Å². The Bertz CT molecular complexity index is 539. The number of Topliss-reactive ketones (excluding diaryl/α,β-unsaturated/α-hetero) is 1. The second kappa shape index (κ2) is 5.61. The number of aryl methyl sites for hydroxylation is 2. The van der Waals surface area contributed by atoms with Crippen LogP contribution in [0.1, 0.15) is 36.0 Å². The standard InChI is InChI=1S/C17H20O3/c1-4-11-20-16(19)17(10-6-9-14(17)18)15-12(2)7-5-8-13(15)3/h4-5,7-8H,1,6,9-11H2,2-3H3. The van der Waals surface area contributed by atoms with Crippen LogP contribution in [-0.2, 0) is 19.7 Å². The first kappa shape index (κ1) is 14.5. The van der Waals surface area contributed by atoms with Gasteiger partial charge >= 0.3 is 5.97 Å². The molecule has 1 saturated carbocycles. The normalized spacial score (nSPS) is 21.8. The number of carbonyl (C=O) groups excluding carboxylic acids is 2. The fourth-order valence-corrected chi connectivity index (χ4v) is 3.19. The van der Waals surface area contributed by atoms with Crippen molar-refractivity contribution in [2.75, 3.05) is 6.61 Å². The van der Waals surface area contributed by atoms with Crippen molar-refractivity contribution in [3.63, 3.8) is 0 Å². The van der Waals surface area contributed by atoms with Crippen molar-refractivity contribution in [1.29, 1.82) is 0 Å². The van der Waals surface area contributed by atoms with Gasteiger partial charge < -0.3 is 4.74 Å². The molecule has 0 heterocycles. The van der Waals surface area contributed by atoms with E-state index in [2.05, 4.69) is 6.58 Å². The molecule has 106 valence electrons. The van der Waals surface area contributed by atoms with Crippen LogP contribution in [0.25, 0.3) is 0 Å². The van der Waals surface area contributed by atoms with Gasteiger partial charge in [-0.3, -0.25) is 9.59 Å². The maximum atomic E-state index is 12.6. The third-order valence-electron chi connectivity index (χ3n) is 4.02. The number of ketones is 1. The summed E-state index contributed by atoms with van der Waals surface area (Å²) in [4.78, 5) is 25.0. The summed E-state index contributed by atoms with van der Waals surface area (Å²) in [5.41, 5.74) is 1.65. The van der Waals surface area contributed by atoms with Crippen LogP contribution in [0.15, 0.2) is 30.9 Å². The Morgan fingerprint density at radius 3 is 2.55 bits per heavy atom. The van der Waals surface area contributed by atoms with Crippen molar-refractivity contribution in [3.8, 4) is 0 Å².